The minimum atomic E-state index is 1.11. The van der Waals surface area contributed by atoms with Gasteiger partial charge in [-0.2, -0.15) is 0 Å². The third kappa shape index (κ3) is 11.5. The van der Waals surface area contributed by atoms with Crippen molar-refractivity contribution in [2.75, 3.05) is 26.2 Å². The smallest absolute Gasteiger partial charge is 0.0786 e. The Labute approximate surface area is 142 Å². The Bertz CT molecular complexity index is 181. The van der Waals surface area contributed by atoms with Crippen LogP contribution in [0.4, 0.5) is 0 Å². The monoisotopic (exact) mass is 311 g/mol. The molecule has 0 bridgehead atoms. The molecule has 0 N–H and O–H groups in total. The molecule has 22 heavy (non-hydrogen) atoms. The van der Waals surface area contributed by atoms with Gasteiger partial charge in [-0.25, -0.2) is 0 Å². The molecule has 133 valence electrons. The lowest BCUT2D eigenvalue weighted by Gasteiger charge is -2.39. The second-order valence-corrected chi connectivity index (χ2v) is 7.27. The van der Waals surface area contributed by atoms with E-state index in [1.54, 1.807) is 0 Å². The average molecular weight is 312 g/mol. The fourth-order valence-corrected chi connectivity index (χ4v) is 3.63. The normalized spacial score (nSPS) is 12.0. The molecule has 0 aromatic carbocycles. The van der Waals surface area contributed by atoms with Gasteiger partial charge in [0.1, 0.15) is 0 Å². The third-order valence-electron chi connectivity index (χ3n) is 5.09. The molecule has 0 aliphatic heterocycles. The molecule has 0 rings (SSSR count). The highest BCUT2D eigenvalue weighted by molar-refractivity contribution is 4.53. The number of unbranched alkanes of at least 4 members (excludes halogenated alkanes) is 9. The van der Waals surface area contributed by atoms with Gasteiger partial charge in [-0.15, -0.1) is 0 Å². The van der Waals surface area contributed by atoms with Gasteiger partial charge in [0.25, 0.3) is 0 Å². The van der Waals surface area contributed by atoms with Crippen molar-refractivity contribution in [3.63, 3.8) is 0 Å². The predicted octanol–water partition coefficient (Wildman–Crippen LogP) is 6.77. The molecule has 0 amide bonds. The predicted molar refractivity (Wildman–Crippen MR) is 102 cm³/mol. The van der Waals surface area contributed by atoms with Gasteiger partial charge in [-0.1, -0.05) is 59.3 Å². The highest BCUT2D eigenvalue weighted by atomic mass is 15.3. The zero-order valence-electron chi connectivity index (χ0n) is 16.2. The highest BCUT2D eigenvalue weighted by Crippen LogP contribution is 2.18. The van der Waals surface area contributed by atoms with Crippen molar-refractivity contribution in [1.82, 2.24) is 0 Å². The number of rotatable bonds is 17. The van der Waals surface area contributed by atoms with E-state index in [0.717, 1.165) is 6.42 Å². The minimum Gasteiger partial charge on any atom is -0.324 e. The fraction of sp³-hybridized carbons (Fsp3) is 0.952. The summed E-state index contributed by atoms with van der Waals surface area (Å²) in [5.41, 5.74) is 0. The summed E-state index contributed by atoms with van der Waals surface area (Å²) in [5, 5.41) is 0. The Balaban J connectivity index is 4.39. The Hall–Kier alpha value is -0.0400. The minimum absolute atomic E-state index is 1.11. The third-order valence-corrected chi connectivity index (χ3v) is 5.09. The molecular weight excluding hydrogens is 266 g/mol. The van der Waals surface area contributed by atoms with Gasteiger partial charge >= 0.3 is 0 Å². The van der Waals surface area contributed by atoms with Crippen LogP contribution >= 0.6 is 0 Å². The summed E-state index contributed by atoms with van der Waals surface area (Å²) < 4.78 is 1.38. The van der Waals surface area contributed by atoms with Gasteiger partial charge in [0, 0.05) is 0 Å². The van der Waals surface area contributed by atoms with Crippen LogP contribution in [0.1, 0.15) is 104 Å². The van der Waals surface area contributed by atoms with Gasteiger partial charge < -0.3 is 4.48 Å². The van der Waals surface area contributed by atoms with Gasteiger partial charge in [-0.05, 0) is 51.9 Å². The Morgan fingerprint density at radius 3 is 1.14 bits per heavy atom. The van der Waals surface area contributed by atoms with Crippen molar-refractivity contribution in [1.29, 1.82) is 0 Å². The van der Waals surface area contributed by atoms with E-state index in [2.05, 4.69) is 27.7 Å². The molecule has 0 atom stereocenters. The Morgan fingerprint density at radius 2 is 0.864 bits per heavy atom. The van der Waals surface area contributed by atoms with E-state index in [4.69, 9.17) is 0 Å². The quantitative estimate of drug-likeness (QED) is 0.205. The van der Waals surface area contributed by atoms with Crippen molar-refractivity contribution >= 4 is 0 Å². The van der Waals surface area contributed by atoms with Crippen LogP contribution in [0.25, 0.3) is 0 Å². The van der Waals surface area contributed by atoms with Crippen LogP contribution in [-0.2, 0) is 0 Å². The van der Waals surface area contributed by atoms with E-state index >= 15 is 0 Å². The molecule has 0 saturated heterocycles. The zero-order chi connectivity index (χ0) is 16.5. The van der Waals surface area contributed by atoms with Gasteiger partial charge in [-0.3, -0.25) is 0 Å². The molecule has 0 saturated carbocycles. The maximum Gasteiger partial charge on any atom is 0.0786 e. The number of hydrogen-bond donors (Lipinski definition) is 0. The summed E-state index contributed by atoms with van der Waals surface area (Å²) in [5.74, 6) is 0. The van der Waals surface area contributed by atoms with Crippen molar-refractivity contribution in [2.24, 2.45) is 0 Å². The molecule has 0 aliphatic carbocycles. The van der Waals surface area contributed by atoms with Crippen LogP contribution in [0.3, 0.4) is 0 Å². The second-order valence-electron chi connectivity index (χ2n) is 7.27. The highest BCUT2D eigenvalue weighted by Gasteiger charge is 2.24. The first-order chi connectivity index (χ1) is 10.7. The molecule has 0 aromatic rings. The van der Waals surface area contributed by atoms with Crippen LogP contribution in [0.5, 0.6) is 0 Å². The van der Waals surface area contributed by atoms with Crippen molar-refractivity contribution in [3.8, 4) is 0 Å². The first-order valence-electron chi connectivity index (χ1n) is 10.4. The van der Waals surface area contributed by atoms with Gasteiger partial charge in [0.05, 0.1) is 26.2 Å². The van der Waals surface area contributed by atoms with E-state index in [1.807, 2.05) is 0 Å². The molecule has 1 nitrogen and oxygen atoms in total. The second kappa shape index (κ2) is 15.8. The van der Waals surface area contributed by atoms with Gasteiger partial charge in [0.2, 0.25) is 0 Å². The van der Waals surface area contributed by atoms with Crippen LogP contribution in [0.2, 0.25) is 0 Å². The van der Waals surface area contributed by atoms with E-state index in [0.29, 0.717) is 0 Å². The Kier molecular flexibility index (Phi) is 15.8. The fourth-order valence-electron chi connectivity index (χ4n) is 3.63. The molecule has 0 spiro atoms. The largest absolute Gasteiger partial charge is 0.324 e. The van der Waals surface area contributed by atoms with E-state index < -0.39 is 0 Å². The zero-order valence-corrected chi connectivity index (χ0v) is 16.2. The Morgan fingerprint density at radius 1 is 0.500 bits per heavy atom. The van der Waals surface area contributed by atoms with Crippen LogP contribution in [0.15, 0.2) is 0 Å². The summed E-state index contributed by atoms with van der Waals surface area (Å²) >= 11 is 0. The van der Waals surface area contributed by atoms with Crippen molar-refractivity contribution in [2.45, 2.75) is 104 Å². The van der Waals surface area contributed by atoms with Crippen LogP contribution in [-0.4, -0.2) is 30.7 Å². The lowest BCUT2D eigenvalue weighted by molar-refractivity contribution is -0.928. The number of quaternary nitrogens is 1. The molecule has 0 aromatic heterocycles. The molecule has 0 fully saturated rings. The van der Waals surface area contributed by atoms with Crippen molar-refractivity contribution < 1.29 is 4.48 Å². The maximum atomic E-state index is 4.19. The maximum absolute atomic E-state index is 4.19. The molecular formula is C21H45N+. The molecule has 1 radical (unpaired) electrons. The summed E-state index contributed by atoms with van der Waals surface area (Å²) in [6.45, 7) is 16.7. The van der Waals surface area contributed by atoms with Crippen molar-refractivity contribution in [3.05, 3.63) is 6.92 Å². The number of nitrogens with zero attached hydrogens (tertiary/aromatic N) is 1. The van der Waals surface area contributed by atoms with E-state index in [1.165, 1.54) is 108 Å². The standard InChI is InChI=1S/C21H45N/c1-5-9-12-15-19-22(18-8-4,20-16-13-10-6-2)21-17-14-11-7-3/h4-21H2,1-3H3/q+1. The van der Waals surface area contributed by atoms with E-state index in [-0.39, 0.29) is 0 Å². The van der Waals surface area contributed by atoms with Crippen LogP contribution in [0, 0.1) is 6.92 Å². The average Bonchev–Trinajstić information content (AvgIpc) is 2.53. The van der Waals surface area contributed by atoms with E-state index in [9.17, 15) is 0 Å². The lowest BCUT2D eigenvalue weighted by Crippen LogP contribution is -2.50. The first-order valence-corrected chi connectivity index (χ1v) is 10.4. The summed E-state index contributed by atoms with van der Waals surface area (Å²) in [4.78, 5) is 0. The lowest BCUT2D eigenvalue weighted by atomic mass is 10.1. The molecule has 0 heterocycles. The summed E-state index contributed by atoms with van der Waals surface area (Å²) in [6, 6.07) is 0. The van der Waals surface area contributed by atoms with Crippen LogP contribution < -0.4 is 0 Å². The van der Waals surface area contributed by atoms with Gasteiger partial charge in [0.15, 0.2) is 0 Å². The first kappa shape index (κ1) is 22.0. The summed E-state index contributed by atoms with van der Waals surface area (Å²) in [6.07, 6.45) is 18.0. The molecule has 1 heteroatoms. The summed E-state index contributed by atoms with van der Waals surface area (Å²) in [7, 11) is 0. The molecule has 0 aliphatic rings. The number of hydrogen-bond acceptors (Lipinski definition) is 0. The topological polar surface area (TPSA) is 0 Å². The SMILES string of the molecule is [CH2]CC[N+](CCCCCC)(CCCCCC)CCCCCC. The molecule has 0 unspecified atom stereocenters.